The molecule has 0 atom stereocenters. The lowest BCUT2D eigenvalue weighted by Crippen LogP contribution is -2.36. The standard InChI is InChI=1S/C14H20N2O7S2/c1-4-16(5-2)25(22,23)9-13(17)15-11-6-10(14(18)19)7-12(8-11)24(3,20)21/h6-8H,4-5,9H2,1-3H3,(H,15,17)(H,18,19). The van der Waals surface area contributed by atoms with Crippen molar-refractivity contribution in [2.45, 2.75) is 18.7 Å². The zero-order valence-corrected chi connectivity index (χ0v) is 15.6. The summed E-state index contributed by atoms with van der Waals surface area (Å²) in [5.41, 5.74) is -0.454. The third kappa shape index (κ3) is 5.80. The third-order valence-electron chi connectivity index (χ3n) is 3.28. The number of carbonyl (C=O) groups excluding carboxylic acids is 1. The molecule has 1 aromatic rings. The van der Waals surface area contributed by atoms with Crippen molar-refractivity contribution >= 4 is 37.4 Å². The summed E-state index contributed by atoms with van der Waals surface area (Å²) in [6, 6.07) is 3.09. The molecule has 0 aliphatic carbocycles. The molecule has 25 heavy (non-hydrogen) atoms. The summed E-state index contributed by atoms with van der Waals surface area (Å²) in [7, 11) is -7.53. The van der Waals surface area contributed by atoms with Gasteiger partial charge in [-0.2, -0.15) is 0 Å². The number of carboxylic acid groups (broad SMARTS) is 1. The zero-order chi connectivity index (χ0) is 19.4. The van der Waals surface area contributed by atoms with Crippen LogP contribution in [0.4, 0.5) is 5.69 Å². The van der Waals surface area contributed by atoms with Crippen molar-refractivity contribution in [2.75, 3.05) is 30.4 Å². The Kier molecular flexibility index (Phi) is 6.68. The summed E-state index contributed by atoms with van der Waals surface area (Å²) in [6.07, 6.45) is 0.893. The summed E-state index contributed by atoms with van der Waals surface area (Å²) in [4.78, 5) is 22.8. The van der Waals surface area contributed by atoms with Gasteiger partial charge >= 0.3 is 5.97 Å². The molecule has 0 fully saturated rings. The third-order valence-corrected chi connectivity index (χ3v) is 6.30. The van der Waals surface area contributed by atoms with Crippen molar-refractivity contribution in [2.24, 2.45) is 0 Å². The van der Waals surface area contributed by atoms with Crippen molar-refractivity contribution in [3.63, 3.8) is 0 Å². The first-order valence-electron chi connectivity index (χ1n) is 7.26. The van der Waals surface area contributed by atoms with Gasteiger partial charge in [0, 0.05) is 25.0 Å². The van der Waals surface area contributed by atoms with E-state index >= 15 is 0 Å². The Balaban J connectivity index is 3.12. The van der Waals surface area contributed by atoms with Crippen LogP contribution in [-0.2, 0) is 24.7 Å². The highest BCUT2D eigenvalue weighted by atomic mass is 32.2. The summed E-state index contributed by atoms with van der Waals surface area (Å²) < 4.78 is 48.5. The molecule has 0 bridgehead atoms. The van der Waals surface area contributed by atoms with Gasteiger partial charge in [-0.05, 0) is 18.2 Å². The van der Waals surface area contributed by atoms with E-state index in [1.807, 2.05) is 0 Å². The van der Waals surface area contributed by atoms with E-state index < -0.39 is 37.5 Å². The highest BCUT2D eigenvalue weighted by molar-refractivity contribution is 7.90. The number of sulfonamides is 1. The van der Waals surface area contributed by atoms with E-state index in [4.69, 9.17) is 5.11 Å². The number of hydrogen-bond donors (Lipinski definition) is 2. The van der Waals surface area contributed by atoms with Crippen LogP contribution in [0.25, 0.3) is 0 Å². The molecule has 0 spiro atoms. The monoisotopic (exact) mass is 392 g/mol. The number of nitrogens with one attached hydrogen (secondary N) is 1. The van der Waals surface area contributed by atoms with E-state index in [0.29, 0.717) is 0 Å². The fourth-order valence-corrected chi connectivity index (χ4v) is 4.13. The van der Waals surface area contributed by atoms with Crippen LogP contribution in [0.2, 0.25) is 0 Å². The predicted molar refractivity (Wildman–Crippen MR) is 91.8 cm³/mol. The minimum atomic E-state index is -3.82. The number of nitrogens with zero attached hydrogens (tertiary/aromatic N) is 1. The minimum Gasteiger partial charge on any atom is -0.478 e. The summed E-state index contributed by atoms with van der Waals surface area (Å²) in [5.74, 6) is -3.11. The van der Waals surface area contributed by atoms with Crippen molar-refractivity contribution < 1.29 is 31.5 Å². The van der Waals surface area contributed by atoms with Crippen LogP contribution in [0.15, 0.2) is 23.1 Å². The van der Waals surface area contributed by atoms with E-state index in [-0.39, 0.29) is 29.2 Å². The smallest absolute Gasteiger partial charge is 0.335 e. The number of benzene rings is 1. The maximum Gasteiger partial charge on any atom is 0.335 e. The van der Waals surface area contributed by atoms with Crippen LogP contribution in [0, 0.1) is 0 Å². The fourth-order valence-electron chi connectivity index (χ4n) is 2.08. The summed E-state index contributed by atoms with van der Waals surface area (Å²) >= 11 is 0. The number of anilines is 1. The molecule has 0 saturated carbocycles. The highest BCUT2D eigenvalue weighted by Crippen LogP contribution is 2.19. The molecule has 11 heteroatoms. The minimum absolute atomic E-state index is 0.111. The van der Waals surface area contributed by atoms with Gasteiger partial charge in [-0.15, -0.1) is 0 Å². The van der Waals surface area contributed by atoms with Crippen molar-refractivity contribution in [1.82, 2.24) is 4.31 Å². The van der Waals surface area contributed by atoms with Gasteiger partial charge in [0.15, 0.2) is 9.84 Å². The van der Waals surface area contributed by atoms with Crippen molar-refractivity contribution in [3.8, 4) is 0 Å². The maximum atomic E-state index is 12.1. The molecule has 140 valence electrons. The first-order valence-corrected chi connectivity index (χ1v) is 10.8. The van der Waals surface area contributed by atoms with Crippen LogP contribution in [0.3, 0.4) is 0 Å². The van der Waals surface area contributed by atoms with Gasteiger partial charge < -0.3 is 10.4 Å². The average molecular weight is 392 g/mol. The Morgan fingerprint density at radius 1 is 1.08 bits per heavy atom. The van der Waals surface area contributed by atoms with Crippen LogP contribution >= 0.6 is 0 Å². The van der Waals surface area contributed by atoms with E-state index in [1.165, 1.54) is 0 Å². The first-order chi connectivity index (χ1) is 11.4. The molecule has 2 N–H and O–H groups in total. The second-order valence-corrected chi connectivity index (χ2v) is 9.20. The Morgan fingerprint density at radius 2 is 1.64 bits per heavy atom. The van der Waals surface area contributed by atoms with E-state index in [1.54, 1.807) is 13.8 Å². The molecule has 1 rings (SSSR count). The molecule has 0 radical (unpaired) electrons. The molecule has 0 aromatic heterocycles. The molecule has 9 nitrogen and oxygen atoms in total. The van der Waals surface area contributed by atoms with Gasteiger partial charge in [0.1, 0.15) is 5.75 Å². The van der Waals surface area contributed by atoms with Gasteiger partial charge in [0.25, 0.3) is 0 Å². The summed E-state index contributed by atoms with van der Waals surface area (Å²) in [6.45, 7) is 3.68. The lowest BCUT2D eigenvalue weighted by atomic mass is 10.2. The molecule has 0 heterocycles. The number of rotatable bonds is 8. The molecule has 0 unspecified atom stereocenters. The quantitative estimate of drug-likeness (QED) is 0.653. The Morgan fingerprint density at radius 3 is 2.08 bits per heavy atom. The van der Waals surface area contributed by atoms with Gasteiger partial charge in [0.05, 0.1) is 10.5 Å². The molecule has 1 amide bonds. The molecule has 0 saturated heterocycles. The van der Waals surface area contributed by atoms with Crippen LogP contribution in [0.1, 0.15) is 24.2 Å². The van der Waals surface area contributed by atoms with Crippen molar-refractivity contribution in [3.05, 3.63) is 23.8 Å². The average Bonchev–Trinajstić information content (AvgIpc) is 2.45. The Hall–Kier alpha value is -1.98. The Bertz CT molecular complexity index is 872. The van der Waals surface area contributed by atoms with Crippen LogP contribution in [0.5, 0.6) is 0 Å². The largest absolute Gasteiger partial charge is 0.478 e. The number of aromatic carboxylic acids is 1. The van der Waals surface area contributed by atoms with Gasteiger partial charge in [-0.3, -0.25) is 4.79 Å². The lowest BCUT2D eigenvalue weighted by molar-refractivity contribution is -0.113. The maximum absolute atomic E-state index is 12.1. The summed E-state index contributed by atoms with van der Waals surface area (Å²) in [5, 5.41) is 11.3. The number of carboxylic acids is 1. The molecular formula is C14H20N2O7S2. The second-order valence-electron chi connectivity index (χ2n) is 5.21. The fraction of sp³-hybridized carbons (Fsp3) is 0.429. The molecule has 0 aliphatic rings. The second kappa shape index (κ2) is 7.93. The van der Waals surface area contributed by atoms with Crippen LogP contribution in [-0.4, -0.2) is 63.2 Å². The normalized spacial score (nSPS) is 12.2. The van der Waals surface area contributed by atoms with Gasteiger partial charge in [-0.25, -0.2) is 25.9 Å². The lowest BCUT2D eigenvalue weighted by Gasteiger charge is -2.18. The highest BCUT2D eigenvalue weighted by Gasteiger charge is 2.23. The van der Waals surface area contributed by atoms with Gasteiger partial charge in [0.2, 0.25) is 15.9 Å². The number of carbonyl (C=O) groups is 2. The topological polar surface area (TPSA) is 138 Å². The van der Waals surface area contributed by atoms with E-state index in [9.17, 15) is 26.4 Å². The molecule has 1 aromatic carbocycles. The molecular weight excluding hydrogens is 372 g/mol. The SMILES string of the molecule is CCN(CC)S(=O)(=O)CC(=O)Nc1cc(C(=O)O)cc(S(C)(=O)=O)c1. The van der Waals surface area contributed by atoms with Crippen LogP contribution < -0.4 is 5.32 Å². The predicted octanol–water partition coefficient (Wildman–Crippen LogP) is 0.398. The van der Waals surface area contributed by atoms with E-state index in [2.05, 4.69) is 5.32 Å². The Labute approximate surface area is 146 Å². The molecule has 0 aliphatic heterocycles. The van der Waals surface area contributed by atoms with E-state index in [0.717, 1.165) is 28.8 Å². The zero-order valence-electron chi connectivity index (χ0n) is 14.0. The number of sulfone groups is 1. The number of hydrogen-bond acceptors (Lipinski definition) is 6. The number of amides is 1. The van der Waals surface area contributed by atoms with Gasteiger partial charge in [-0.1, -0.05) is 13.8 Å². The first kappa shape index (κ1) is 21.1. The van der Waals surface area contributed by atoms with Crippen molar-refractivity contribution in [1.29, 1.82) is 0 Å².